The molecule has 0 saturated heterocycles. The van der Waals surface area contributed by atoms with Crippen molar-refractivity contribution in [1.29, 1.82) is 0 Å². The number of rotatable bonds is 7. The number of likely N-dealkylation sites (N-methyl/N-ethyl adjacent to an activating group) is 1. The Bertz CT molecular complexity index is 651. The van der Waals surface area contributed by atoms with Gasteiger partial charge in [0.15, 0.2) is 0 Å². The van der Waals surface area contributed by atoms with Crippen LogP contribution in [0.1, 0.15) is 35.4 Å². The normalized spacial score (nSPS) is 14.2. The lowest BCUT2D eigenvalue weighted by molar-refractivity contribution is 0.116. The van der Waals surface area contributed by atoms with E-state index in [1.807, 2.05) is 24.3 Å². The van der Waals surface area contributed by atoms with Crippen molar-refractivity contribution in [3.8, 4) is 0 Å². The van der Waals surface area contributed by atoms with Crippen LogP contribution in [0.4, 0.5) is 8.78 Å². The van der Waals surface area contributed by atoms with E-state index in [1.54, 1.807) is 7.11 Å². The molecule has 0 amide bonds. The van der Waals surface area contributed by atoms with Crippen molar-refractivity contribution in [2.24, 2.45) is 0 Å². The summed E-state index contributed by atoms with van der Waals surface area (Å²) in [5.41, 5.74) is 0.952. The molecule has 2 aromatic rings. The molecule has 1 aromatic heterocycles. The van der Waals surface area contributed by atoms with E-state index in [-0.39, 0.29) is 18.2 Å². The van der Waals surface area contributed by atoms with Gasteiger partial charge in [-0.3, -0.25) is 4.90 Å². The van der Waals surface area contributed by atoms with Crippen LogP contribution >= 0.6 is 11.3 Å². The molecule has 4 nitrogen and oxygen atoms in total. The number of nitrogens with zero attached hydrogens (tertiary/aromatic N) is 2. The third-order valence-corrected chi connectivity index (χ3v) is 4.56. The lowest BCUT2D eigenvalue weighted by atomic mass is 10.1. The van der Waals surface area contributed by atoms with Gasteiger partial charge in [-0.2, -0.15) is 0 Å². The van der Waals surface area contributed by atoms with Crippen LogP contribution in [0.5, 0.6) is 0 Å². The summed E-state index contributed by atoms with van der Waals surface area (Å²) in [5.74, 6) is -1.40. The number of methoxy groups -OCH3 is 1. The van der Waals surface area contributed by atoms with E-state index in [9.17, 15) is 13.9 Å². The van der Waals surface area contributed by atoms with Crippen LogP contribution in [0.25, 0.3) is 0 Å². The molecule has 0 fully saturated rings. The fourth-order valence-electron chi connectivity index (χ4n) is 2.19. The number of hydrogen-bond donors (Lipinski definition) is 1. The maximum Gasteiger partial charge on any atom is 0.131 e. The first-order valence-electron chi connectivity index (χ1n) is 7.19. The Morgan fingerprint density at radius 2 is 2.13 bits per heavy atom. The smallest absolute Gasteiger partial charge is 0.131 e. The number of thiazole rings is 1. The minimum Gasteiger partial charge on any atom is -0.387 e. The first-order chi connectivity index (χ1) is 10.9. The van der Waals surface area contributed by atoms with Gasteiger partial charge in [0.1, 0.15) is 22.7 Å². The number of halogens is 2. The highest BCUT2D eigenvalue weighted by molar-refractivity contribution is 7.09. The molecule has 23 heavy (non-hydrogen) atoms. The average molecular weight is 342 g/mol. The van der Waals surface area contributed by atoms with Gasteiger partial charge in [0, 0.05) is 37.2 Å². The van der Waals surface area contributed by atoms with E-state index in [4.69, 9.17) is 4.74 Å². The summed E-state index contributed by atoms with van der Waals surface area (Å²) in [6.07, 6.45) is -1.09. The molecule has 0 spiro atoms. The molecule has 1 aromatic carbocycles. The molecule has 1 N–H and O–H groups in total. The summed E-state index contributed by atoms with van der Waals surface area (Å²) in [7, 11) is 3.44. The first kappa shape index (κ1) is 17.9. The van der Waals surface area contributed by atoms with E-state index >= 15 is 0 Å². The molecule has 0 saturated carbocycles. The van der Waals surface area contributed by atoms with E-state index in [0.717, 1.165) is 22.8 Å². The van der Waals surface area contributed by atoms with Gasteiger partial charge < -0.3 is 9.84 Å². The lowest BCUT2D eigenvalue weighted by Crippen LogP contribution is -2.25. The van der Waals surface area contributed by atoms with Crippen molar-refractivity contribution in [3.05, 3.63) is 51.5 Å². The van der Waals surface area contributed by atoms with Gasteiger partial charge in [0.25, 0.3) is 0 Å². The average Bonchev–Trinajstić information content (AvgIpc) is 2.94. The standard InChI is InChI=1S/C16H20F2N2O2S/c1-10(22-3)16-19-12(9-23-16)7-20(2)8-15(21)13-5-4-11(17)6-14(13)18/h4-6,9-10,15,21H,7-8H2,1-3H3. The number of ether oxygens (including phenoxy) is 1. The third kappa shape index (κ3) is 4.78. The van der Waals surface area contributed by atoms with Gasteiger partial charge in [-0.15, -0.1) is 11.3 Å². The molecule has 126 valence electrons. The Labute approximate surface area is 138 Å². The van der Waals surface area contributed by atoms with Gasteiger partial charge in [-0.05, 0) is 20.0 Å². The summed E-state index contributed by atoms with van der Waals surface area (Å²) in [6, 6.07) is 3.18. The van der Waals surface area contributed by atoms with Crippen LogP contribution in [-0.2, 0) is 11.3 Å². The van der Waals surface area contributed by atoms with Crippen LogP contribution in [0.3, 0.4) is 0 Å². The van der Waals surface area contributed by atoms with E-state index in [2.05, 4.69) is 4.98 Å². The summed E-state index contributed by atoms with van der Waals surface area (Å²) in [6.45, 7) is 2.66. The Kier molecular flexibility index (Phi) is 6.17. The molecule has 0 radical (unpaired) electrons. The summed E-state index contributed by atoms with van der Waals surface area (Å²) in [5, 5.41) is 13.0. The number of hydrogen-bond acceptors (Lipinski definition) is 5. The lowest BCUT2D eigenvalue weighted by Gasteiger charge is -2.20. The number of aliphatic hydroxyl groups is 1. The van der Waals surface area contributed by atoms with Crippen molar-refractivity contribution < 1.29 is 18.6 Å². The number of aliphatic hydroxyl groups excluding tert-OH is 1. The molecule has 0 bridgehead atoms. The molecule has 1 heterocycles. The molecular formula is C16H20F2N2O2S. The maximum atomic E-state index is 13.7. The quantitative estimate of drug-likeness (QED) is 0.839. The van der Waals surface area contributed by atoms with Crippen LogP contribution < -0.4 is 0 Å². The summed E-state index contributed by atoms with van der Waals surface area (Å²) >= 11 is 1.52. The van der Waals surface area contributed by atoms with Gasteiger partial charge in [-0.25, -0.2) is 13.8 Å². The number of benzene rings is 1. The zero-order chi connectivity index (χ0) is 17.0. The second-order valence-corrected chi connectivity index (χ2v) is 6.32. The van der Waals surface area contributed by atoms with Gasteiger partial charge in [-0.1, -0.05) is 6.07 Å². The minimum atomic E-state index is -1.03. The van der Waals surface area contributed by atoms with Gasteiger partial charge in [0.2, 0.25) is 0 Å². The SMILES string of the molecule is COC(C)c1nc(CN(C)CC(O)c2ccc(F)cc2F)cs1. The topological polar surface area (TPSA) is 45.6 Å². The summed E-state index contributed by atoms with van der Waals surface area (Å²) < 4.78 is 31.8. The van der Waals surface area contributed by atoms with E-state index < -0.39 is 17.7 Å². The summed E-state index contributed by atoms with van der Waals surface area (Å²) in [4.78, 5) is 6.31. The van der Waals surface area contributed by atoms with E-state index in [1.165, 1.54) is 17.4 Å². The molecule has 7 heteroatoms. The molecule has 0 aliphatic carbocycles. The van der Waals surface area contributed by atoms with Crippen molar-refractivity contribution in [1.82, 2.24) is 9.88 Å². The molecule has 2 unspecified atom stereocenters. The van der Waals surface area contributed by atoms with Gasteiger partial charge in [0.05, 0.1) is 11.8 Å². The highest BCUT2D eigenvalue weighted by Crippen LogP contribution is 2.22. The Hall–Kier alpha value is -1.41. The first-order valence-corrected chi connectivity index (χ1v) is 8.07. The zero-order valence-corrected chi connectivity index (χ0v) is 14.1. The number of aromatic nitrogens is 1. The molecule has 2 rings (SSSR count). The van der Waals surface area contributed by atoms with Crippen molar-refractivity contribution >= 4 is 11.3 Å². The second kappa shape index (κ2) is 7.92. The molecule has 0 aliphatic heterocycles. The van der Waals surface area contributed by atoms with Crippen molar-refractivity contribution in [3.63, 3.8) is 0 Å². The van der Waals surface area contributed by atoms with Gasteiger partial charge >= 0.3 is 0 Å². The molecule has 0 aliphatic rings. The fourth-order valence-corrected chi connectivity index (χ4v) is 3.03. The zero-order valence-electron chi connectivity index (χ0n) is 13.3. The van der Waals surface area contributed by atoms with Crippen molar-refractivity contribution in [2.75, 3.05) is 20.7 Å². The Morgan fingerprint density at radius 1 is 1.39 bits per heavy atom. The van der Waals surface area contributed by atoms with E-state index in [0.29, 0.717) is 6.54 Å². The second-order valence-electron chi connectivity index (χ2n) is 5.43. The van der Waals surface area contributed by atoms with Crippen molar-refractivity contribution in [2.45, 2.75) is 25.7 Å². The van der Waals surface area contributed by atoms with Crippen LogP contribution in [0, 0.1) is 11.6 Å². The highest BCUT2D eigenvalue weighted by atomic mass is 32.1. The van der Waals surface area contributed by atoms with Crippen LogP contribution in [0.2, 0.25) is 0 Å². The Morgan fingerprint density at radius 3 is 2.78 bits per heavy atom. The molecular weight excluding hydrogens is 322 g/mol. The monoisotopic (exact) mass is 342 g/mol. The van der Waals surface area contributed by atoms with Crippen LogP contribution in [0.15, 0.2) is 23.6 Å². The molecule has 2 atom stereocenters. The largest absolute Gasteiger partial charge is 0.387 e. The highest BCUT2D eigenvalue weighted by Gasteiger charge is 2.17. The predicted molar refractivity (Wildman–Crippen MR) is 85.2 cm³/mol. The Balaban J connectivity index is 1.96. The minimum absolute atomic E-state index is 0.0574. The van der Waals surface area contributed by atoms with Crippen LogP contribution in [-0.4, -0.2) is 35.7 Å². The maximum absolute atomic E-state index is 13.7. The predicted octanol–water partition coefficient (Wildman–Crippen LogP) is 3.29. The third-order valence-electron chi connectivity index (χ3n) is 3.51. The fraction of sp³-hybridized carbons (Fsp3) is 0.438.